The van der Waals surface area contributed by atoms with Crippen LogP contribution in [0.2, 0.25) is 10.0 Å². The van der Waals surface area contributed by atoms with Crippen molar-refractivity contribution in [3.63, 3.8) is 0 Å². The van der Waals surface area contributed by atoms with Crippen molar-refractivity contribution in [3.05, 3.63) is 58.2 Å². The average Bonchev–Trinajstić information content (AvgIpc) is 2.35. The topological polar surface area (TPSA) is 41.3 Å². The van der Waals surface area contributed by atoms with Gasteiger partial charge in [0.15, 0.2) is 5.11 Å². The number of thiocarbonyl (C=S) groups is 1. The lowest BCUT2D eigenvalue weighted by Crippen LogP contribution is -2.57. The van der Waals surface area contributed by atoms with Crippen molar-refractivity contribution >= 4 is 40.5 Å². The van der Waals surface area contributed by atoms with Gasteiger partial charge in [0.2, 0.25) is 0 Å². The first-order valence-corrected chi connectivity index (χ1v) is 7.71. The highest BCUT2D eigenvalue weighted by molar-refractivity contribution is 7.80. The van der Waals surface area contributed by atoms with Gasteiger partial charge in [0.25, 0.3) is 0 Å². The average molecular weight is 342 g/mol. The first-order chi connectivity index (χ1) is 9.89. The van der Waals surface area contributed by atoms with Crippen LogP contribution in [0.25, 0.3) is 0 Å². The van der Waals surface area contributed by atoms with Crippen molar-refractivity contribution in [2.75, 3.05) is 6.54 Å². The summed E-state index contributed by atoms with van der Waals surface area (Å²) in [7, 11) is 0. The van der Waals surface area contributed by atoms with E-state index in [0.717, 1.165) is 18.5 Å². The summed E-state index contributed by atoms with van der Waals surface area (Å²) in [6, 6.07) is 5.58. The van der Waals surface area contributed by atoms with Gasteiger partial charge in [0.1, 0.15) is 5.66 Å². The molecule has 3 N–H and O–H groups in total. The van der Waals surface area contributed by atoms with Crippen LogP contribution in [0.4, 0.5) is 0 Å². The lowest BCUT2D eigenvalue weighted by Gasteiger charge is -2.41. The number of nitrogens with one attached hydrogen (secondary N) is 1. The third kappa shape index (κ3) is 4.37. The highest BCUT2D eigenvalue weighted by atomic mass is 35.5. The lowest BCUT2D eigenvalue weighted by molar-refractivity contribution is 0.198. The van der Waals surface area contributed by atoms with E-state index in [1.165, 1.54) is 0 Å². The third-order valence-electron chi connectivity index (χ3n) is 3.33. The second-order valence-corrected chi connectivity index (χ2v) is 6.37. The van der Waals surface area contributed by atoms with Gasteiger partial charge in [-0.1, -0.05) is 29.3 Å². The van der Waals surface area contributed by atoms with Gasteiger partial charge >= 0.3 is 0 Å². The van der Waals surface area contributed by atoms with Gasteiger partial charge in [0.05, 0.1) is 0 Å². The van der Waals surface area contributed by atoms with E-state index in [0.29, 0.717) is 10.0 Å². The second-order valence-electron chi connectivity index (χ2n) is 5.06. The molecule has 0 radical (unpaired) electrons. The minimum Gasteiger partial charge on any atom is -0.376 e. The first-order valence-electron chi connectivity index (χ1n) is 6.54. The fourth-order valence-electron chi connectivity index (χ4n) is 2.32. The van der Waals surface area contributed by atoms with E-state index in [4.69, 9.17) is 41.2 Å². The fourth-order valence-corrected chi connectivity index (χ4v) is 3.10. The summed E-state index contributed by atoms with van der Waals surface area (Å²) >= 11 is 17.0. The minimum atomic E-state index is -0.428. The van der Waals surface area contributed by atoms with E-state index in [1.807, 2.05) is 43.5 Å². The molecular formula is C15H17Cl2N3S. The van der Waals surface area contributed by atoms with E-state index in [2.05, 4.69) is 10.2 Å². The van der Waals surface area contributed by atoms with Gasteiger partial charge in [-0.25, -0.2) is 0 Å². The number of hydrogen-bond acceptors (Lipinski definition) is 2. The summed E-state index contributed by atoms with van der Waals surface area (Å²) in [5.41, 5.74) is 6.28. The molecule has 1 aromatic rings. The second kappa shape index (κ2) is 6.69. The van der Waals surface area contributed by atoms with Crippen LogP contribution < -0.4 is 11.1 Å². The van der Waals surface area contributed by atoms with Gasteiger partial charge < -0.3 is 16.0 Å². The highest BCUT2D eigenvalue weighted by Gasteiger charge is 2.28. The van der Waals surface area contributed by atoms with Crippen LogP contribution in [-0.2, 0) is 6.42 Å². The molecule has 1 atom stereocenters. The molecule has 1 aliphatic rings. The predicted octanol–water partition coefficient (Wildman–Crippen LogP) is 3.47. The number of rotatable bonds is 4. The van der Waals surface area contributed by atoms with Crippen molar-refractivity contribution < 1.29 is 0 Å². The number of nitrogens with zero attached hydrogens (tertiary/aromatic N) is 1. The molecule has 1 aromatic carbocycles. The Morgan fingerprint density at radius 3 is 2.57 bits per heavy atom. The maximum atomic E-state index is 6.03. The van der Waals surface area contributed by atoms with Crippen LogP contribution in [0, 0.1) is 0 Å². The Morgan fingerprint density at radius 1 is 1.29 bits per heavy atom. The Labute approximate surface area is 140 Å². The lowest BCUT2D eigenvalue weighted by atomic mass is 10.1. The predicted molar refractivity (Wildman–Crippen MR) is 93.5 cm³/mol. The summed E-state index contributed by atoms with van der Waals surface area (Å²) in [5.74, 6) is 0. The molecule has 112 valence electrons. The molecule has 21 heavy (non-hydrogen) atoms. The smallest absolute Gasteiger partial charge is 0.165 e. The molecule has 0 bridgehead atoms. The van der Waals surface area contributed by atoms with Crippen molar-refractivity contribution in [3.8, 4) is 0 Å². The maximum Gasteiger partial charge on any atom is 0.165 e. The van der Waals surface area contributed by atoms with E-state index >= 15 is 0 Å². The van der Waals surface area contributed by atoms with Crippen LogP contribution in [-0.4, -0.2) is 22.2 Å². The fraction of sp³-hybridized carbons (Fsp3) is 0.267. The Balaban J connectivity index is 2.08. The number of allylic oxidation sites excluding steroid dienone is 2. The van der Waals surface area contributed by atoms with Gasteiger partial charge in [-0.15, -0.1) is 0 Å². The molecule has 0 saturated heterocycles. The molecule has 1 heterocycles. The Morgan fingerprint density at radius 2 is 1.95 bits per heavy atom. The molecule has 0 aromatic heterocycles. The van der Waals surface area contributed by atoms with E-state index < -0.39 is 5.66 Å². The maximum absolute atomic E-state index is 6.03. The molecule has 0 aliphatic carbocycles. The van der Waals surface area contributed by atoms with Crippen LogP contribution in [0.1, 0.15) is 12.5 Å². The normalized spacial score (nSPS) is 20.6. The van der Waals surface area contributed by atoms with Gasteiger partial charge in [0, 0.05) is 22.8 Å². The zero-order chi connectivity index (χ0) is 15.5. The van der Waals surface area contributed by atoms with E-state index in [1.54, 1.807) is 6.07 Å². The van der Waals surface area contributed by atoms with Crippen LogP contribution >= 0.6 is 35.4 Å². The third-order valence-corrected chi connectivity index (χ3v) is 3.87. The summed E-state index contributed by atoms with van der Waals surface area (Å²) in [5, 5.41) is 4.68. The molecule has 0 amide bonds. The summed E-state index contributed by atoms with van der Waals surface area (Å²) in [4.78, 5) is 2.14. The van der Waals surface area contributed by atoms with Gasteiger partial charge in [-0.05, 0) is 61.5 Å². The molecular weight excluding hydrogens is 325 g/mol. The van der Waals surface area contributed by atoms with Crippen LogP contribution in [0.15, 0.2) is 42.6 Å². The number of benzene rings is 1. The summed E-state index contributed by atoms with van der Waals surface area (Å²) in [6.07, 6.45) is 8.80. The molecule has 1 aliphatic heterocycles. The quantitative estimate of drug-likeness (QED) is 0.822. The molecule has 0 fully saturated rings. The Bertz CT molecular complexity index is 580. The SMILES string of the molecule is CC1(NC(N)=S)C=CC=CN1CCc1cc(Cl)cc(Cl)c1. The van der Waals surface area contributed by atoms with E-state index in [-0.39, 0.29) is 5.11 Å². The summed E-state index contributed by atoms with van der Waals surface area (Å²) < 4.78 is 0. The van der Waals surface area contributed by atoms with Crippen molar-refractivity contribution in [2.45, 2.75) is 19.0 Å². The Kier molecular flexibility index (Phi) is 5.14. The summed E-state index contributed by atoms with van der Waals surface area (Å²) in [6.45, 7) is 2.81. The zero-order valence-electron chi connectivity index (χ0n) is 11.6. The number of nitrogens with two attached hydrogens (primary N) is 1. The molecule has 1 unspecified atom stereocenters. The van der Waals surface area contributed by atoms with E-state index in [9.17, 15) is 0 Å². The molecule has 6 heteroatoms. The molecule has 3 nitrogen and oxygen atoms in total. The largest absolute Gasteiger partial charge is 0.376 e. The monoisotopic (exact) mass is 341 g/mol. The van der Waals surface area contributed by atoms with Crippen molar-refractivity contribution in [2.24, 2.45) is 5.73 Å². The molecule has 0 spiro atoms. The zero-order valence-corrected chi connectivity index (χ0v) is 14.0. The van der Waals surface area contributed by atoms with Crippen LogP contribution in [0.3, 0.4) is 0 Å². The van der Waals surface area contributed by atoms with Crippen molar-refractivity contribution in [1.82, 2.24) is 10.2 Å². The van der Waals surface area contributed by atoms with Crippen LogP contribution in [0.5, 0.6) is 0 Å². The molecule has 0 saturated carbocycles. The van der Waals surface area contributed by atoms with Gasteiger partial charge in [-0.3, -0.25) is 0 Å². The van der Waals surface area contributed by atoms with Gasteiger partial charge in [-0.2, -0.15) is 0 Å². The van der Waals surface area contributed by atoms with Crippen molar-refractivity contribution in [1.29, 1.82) is 0 Å². The number of halogens is 2. The first kappa shape index (κ1) is 16.1. The number of hydrogen-bond donors (Lipinski definition) is 2. The highest BCUT2D eigenvalue weighted by Crippen LogP contribution is 2.22. The standard InChI is InChI=1S/C15H17Cl2N3S/c1-15(19-14(18)21)5-2-3-6-20(15)7-4-11-8-12(16)10-13(17)9-11/h2-3,5-6,8-10H,4,7H2,1H3,(H3,18,19,21). The molecule has 2 rings (SSSR count). The minimum absolute atomic E-state index is 0.272. The Hall–Kier alpha value is -1.23.